The SMILES string of the molecule is Cc1cccc(Nc2cncc(C3CCN(C(=O)COC[C@H]4CCCO4)CC3)n2)n1. The summed E-state index contributed by atoms with van der Waals surface area (Å²) in [5.74, 6) is 1.79. The van der Waals surface area contributed by atoms with Gasteiger partial charge in [-0.05, 0) is 44.7 Å². The van der Waals surface area contributed by atoms with Crippen LogP contribution in [0.15, 0.2) is 30.6 Å². The number of carbonyl (C=O) groups is 1. The Morgan fingerprint density at radius 1 is 1.20 bits per heavy atom. The van der Waals surface area contributed by atoms with E-state index in [4.69, 9.17) is 14.5 Å². The molecule has 2 fully saturated rings. The second-order valence-electron chi connectivity index (χ2n) is 7.92. The molecular weight excluding hydrogens is 382 g/mol. The average molecular weight is 412 g/mol. The van der Waals surface area contributed by atoms with Gasteiger partial charge in [-0.15, -0.1) is 0 Å². The van der Waals surface area contributed by atoms with Crippen LogP contribution < -0.4 is 5.32 Å². The maximum atomic E-state index is 12.4. The van der Waals surface area contributed by atoms with E-state index >= 15 is 0 Å². The lowest BCUT2D eigenvalue weighted by molar-refractivity contribution is -0.138. The first kappa shape index (κ1) is 20.7. The van der Waals surface area contributed by atoms with Crippen molar-refractivity contribution < 1.29 is 14.3 Å². The van der Waals surface area contributed by atoms with Crippen LogP contribution in [-0.4, -0.2) is 64.8 Å². The number of hydrogen-bond acceptors (Lipinski definition) is 7. The van der Waals surface area contributed by atoms with Crippen molar-refractivity contribution in [3.63, 3.8) is 0 Å². The second-order valence-corrected chi connectivity index (χ2v) is 7.92. The van der Waals surface area contributed by atoms with Gasteiger partial charge in [0.05, 0.1) is 24.6 Å². The number of aryl methyl sites for hydroxylation is 1. The Hall–Kier alpha value is -2.58. The fourth-order valence-electron chi connectivity index (χ4n) is 3.95. The molecule has 0 radical (unpaired) electrons. The number of anilines is 2. The number of carbonyl (C=O) groups excluding carboxylic acids is 1. The van der Waals surface area contributed by atoms with Crippen LogP contribution >= 0.6 is 0 Å². The van der Waals surface area contributed by atoms with Crippen LogP contribution in [0.2, 0.25) is 0 Å². The quantitative estimate of drug-likeness (QED) is 0.749. The normalized spacial score (nSPS) is 19.8. The van der Waals surface area contributed by atoms with Crippen molar-refractivity contribution in [2.45, 2.75) is 44.6 Å². The van der Waals surface area contributed by atoms with Gasteiger partial charge in [0.25, 0.3) is 0 Å². The summed E-state index contributed by atoms with van der Waals surface area (Å²) in [5.41, 5.74) is 1.90. The van der Waals surface area contributed by atoms with Gasteiger partial charge in [0.15, 0.2) is 0 Å². The van der Waals surface area contributed by atoms with Crippen molar-refractivity contribution in [1.82, 2.24) is 19.9 Å². The van der Waals surface area contributed by atoms with E-state index in [2.05, 4.69) is 15.3 Å². The van der Waals surface area contributed by atoms with Gasteiger partial charge in [0.2, 0.25) is 5.91 Å². The number of rotatable bonds is 7. The van der Waals surface area contributed by atoms with Crippen LogP contribution in [0.3, 0.4) is 0 Å². The molecule has 0 saturated carbocycles. The summed E-state index contributed by atoms with van der Waals surface area (Å²) in [5, 5.41) is 3.22. The summed E-state index contributed by atoms with van der Waals surface area (Å²) in [6.07, 6.45) is 7.53. The number of hydrogen-bond donors (Lipinski definition) is 1. The number of likely N-dealkylation sites (tertiary alicyclic amines) is 1. The molecule has 2 aliphatic rings. The lowest BCUT2D eigenvalue weighted by Gasteiger charge is -2.31. The van der Waals surface area contributed by atoms with Gasteiger partial charge in [-0.25, -0.2) is 9.97 Å². The third-order valence-electron chi connectivity index (χ3n) is 5.62. The third kappa shape index (κ3) is 5.52. The maximum Gasteiger partial charge on any atom is 0.248 e. The molecule has 8 nitrogen and oxygen atoms in total. The number of ether oxygens (including phenoxy) is 2. The Kier molecular flexibility index (Phi) is 6.86. The molecular formula is C22H29N5O3. The van der Waals surface area contributed by atoms with E-state index < -0.39 is 0 Å². The van der Waals surface area contributed by atoms with Gasteiger partial charge in [-0.2, -0.15) is 0 Å². The van der Waals surface area contributed by atoms with Crippen LogP contribution in [0, 0.1) is 6.92 Å². The van der Waals surface area contributed by atoms with E-state index in [9.17, 15) is 4.79 Å². The largest absolute Gasteiger partial charge is 0.376 e. The fraction of sp³-hybridized carbons (Fsp3) is 0.545. The molecule has 0 spiro atoms. The van der Waals surface area contributed by atoms with Gasteiger partial charge in [-0.3, -0.25) is 9.78 Å². The van der Waals surface area contributed by atoms with E-state index in [0.29, 0.717) is 31.4 Å². The number of pyridine rings is 1. The molecule has 8 heteroatoms. The second kappa shape index (κ2) is 9.95. The highest BCUT2D eigenvalue weighted by molar-refractivity contribution is 5.77. The highest BCUT2D eigenvalue weighted by atomic mass is 16.5. The lowest BCUT2D eigenvalue weighted by atomic mass is 9.94. The first-order valence-corrected chi connectivity index (χ1v) is 10.7. The molecule has 0 bridgehead atoms. The van der Waals surface area contributed by atoms with Crippen molar-refractivity contribution in [2.75, 3.05) is 38.2 Å². The van der Waals surface area contributed by atoms with E-state index in [-0.39, 0.29) is 18.6 Å². The molecule has 1 atom stereocenters. The van der Waals surface area contributed by atoms with Crippen LogP contribution in [0.4, 0.5) is 11.6 Å². The first-order chi connectivity index (χ1) is 14.7. The number of amides is 1. The van der Waals surface area contributed by atoms with E-state index in [0.717, 1.165) is 49.5 Å². The molecule has 0 aliphatic carbocycles. The highest BCUT2D eigenvalue weighted by Crippen LogP contribution is 2.27. The molecule has 2 saturated heterocycles. The number of piperidine rings is 1. The Bertz CT molecular complexity index is 848. The smallest absolute Gasteiger partial charge is 0.248 e. The molecule has 2 aromatic heterocycles. The number of nitrogens with zero attached hydrogens (tertiary/aromatic N) is 4. The Labute approximate surface area is 177 Å². The van der Waals surface area contributed by atoms with E-state index in [1.165, 1.54) is 0 Å². The molecule has 4 rings (SSSR count). The van der Waals surface area contributed by atoms with E-state index in [1.807, 2.05) is 36.2 Å². The molecule has 2 aliphatic heterocycles. The predicted molar refractivity (Wildman–Crippen MR) is 113 cm³/mol. The van der Waals surface area contributed by atoms with Crippen LogP contribution in [0.5, 0.6) is 0 Å². The predicted octanol–water partition coefficient (Wildman–Crippen LogP) is 2.83. The average Bonchev–Trinajstić information content (AvgIpc) is 3.28. The molecule has 2 aromatic rings. The van der Waals surface area contributed by atoms with E-state index in [1.54, 1.807) is 6.20 Å². The van der Waals surface area contributed by atoms with Crippen molar-refractivity contribution in [3.8, 4) is 0 Å². The summed E-state index contributed by atoms with van der Waals surface area (Å²) in [6.45, 7) is 4.82. The highest BCUT2D eigenvalue weighted by Gasteiger charge is 2.25. The van der Waals surface area contributed by atoms with Crippen molar-refractivity contribution in [3.05, 3.63) is 42.0 Å². The zero-order valence-electron chi connectivity index (χ0n) is 17.4. The van der Waals surface area contributed by atoms with Crippen LogP contribution in [0.1, 0.15) is 43.0 Å². The molecule has 1 amide bonds. The van der Waals surface area contributed by atoms with Gasteiger partial charge >= 0.3 is 0 Å². The zero-order valence-corrected chi connectivity index (χ0v) is 17.4. The van der Waals surface area contributed by atoms with Crippen LogP contribution in [0.25, 0.3) is 0 Å². The number of aromatic nitrogens is 3. The Morgan fingerprint density at radius 2 is 2.07 bits per heavy atom. The lowest BCUT2D eigenvalue weighted by Crippen LogP contribution is -2.40. The maximum absolute atomic E-state index is 12.4. The minimum Gasteiger partial charge on any atom is -0.376 e. The summed E-state index contributed by atoms with van der Waals surface area (Å²) >= 11 is 0. The molecule has 0 unspecified atom stereocenters. The Balaban J connectivity index is 1.26. The molecule has 30 heavy (non-hydrogen) atoms. The molecule has 0 aromatic carbocycles. The van der Waals surface area contributed by atoms with Gasteiger partial charge in [0.1, 0.15) is 18.2 Å². The van der Waals surface area contributed by atoms with Gasteiger partial charge in [-0.1, -0.05) is 6.07 Å². The molecule has 160 valence electrons. The molecule has 1 N–H and O–H groups in total. The minimum atomic E-state index is 0.0541. The van der Waals surface area contributed by atoms with Crippen molar-refractivity contribution in [2.24, 2.45) is 0 Å². The van der Waals surface area contributed by atoms with Crippen molar-refractivity contribution >= 4 is 17.5 Å². The summed E-state index contributed by atoms with van der Waals surface area (Å²) in [4.78, 5) is 27.8. The third-order valence-corrected chi connectivity index (χ3v) is 5.62. The molecule has 4 heterocycles. The fourth-order valence-corrected chi connectivity index (χ4v) is 3.95. The topological polar surface area (TPSA) is 89.5 Å². The Morgan fingerprint density at radius 3 is 2.83 bits per heavy atom. The van der Waals surface area contributed by atoms with Gasteiger partial charge < -0.3 is 19.7 Å². The van der Waals surface area contributed by atoms with Crippen LogP contribution in [-0.2, 0) is 14.3 Å². The minimum absolute atomic E-state index is 0.0541. The first-order valence-electron chi connectivity index (χ1n) is 10.7. The standard InChI is InChI=1S/C22H29N5O3/c1-16-4-2-6-20(24-16)26-21-13-23-12-19(25-21)17-7-9-27(10-8-17)22(28)15-29-14-18-5-3-11-30-18/h2,4,6,12-13,17-18H,3,5,7-11,14-15H2,1H3,(H,24,25,26)/t18-/m1/s1. The summed E-state index contributed by atoms with van der Waals surface area (Å²) in [7, 11) is 0. The number of nitrogens with one attached hydrogen (secondary N) is 1. The van der Waals surface area contributed by atoms with Gasteiger partial charge in [0, 0.05) is 37.5 Å². The zero-order chi connectivity index (χ0) is 20.8. The van der Waals surface area contributed by atoms with Crippen molar-refractivity contribution in [1.29, 1.82) is 0 Å². The monoisotopic (exact) mass is 411 g/mol. The summed E-state index contributed by atoms with van der Waals surface area (Å²) < 4.78 is 11.1. The summed E-state index contributed by atoms with van der Waals surface area (Å²) in [6, 6.07) is 5.82.